The summed E-state index contributed by atoms with van der Waals surface area (Å²) in [6, 6.07) is 27.9. The zero-order valence-corrected chi connectivity index (χ0v) is 20.7. The lowest BCUT2D eigenvalue weighted by molar-refractivity contribution is 0.670. The summed E-state index contributed by atoms with van der Waals surface area (Å²) in [4.78, 5) is 7.48. The number of hydrogen-bond acceptors (Lipinski definition) is 3. The first-order valence-corrected chi connectivity index (χ1v) is 12.8. The van der Waals surface area contributed by atoms with E-state index in [2.05, 4.69) is 94.4 Å². The second-order valence-electron chi connectivity index (χ2n) is 9.60. The van der Waals surface area contributed by atoms with Gasteiger partial charge < -0.3 is 4.42 Å². The van der Waals surface area contributed by atoms with Crippen LogP contribution in [0.3, 0.4) is 0 Å². The molecule has 0 spiro atoms. The number of aromatic nitrogens is 1. The number of para-hydroxylation sites is 2. The maximum absolute atomic E-state index is 6.27. The lowest BCUT2D eigenvalue weighted by Gasteiger charge is -2.18. The highest BCUT2D eigenvalue weighted by atomic mass is 32.1. The van der Waals surface area contributed by atoms with Gasteiger partial charge in [0.05, 0.1) is 5.69 Å². The van der Waals surface area contributed by atoms with Gasteiger partial charge in [-0.15, -0.1) is 11.3 Å². The van der Waals surface area contributed by atoms with Gasteiger partial charge >= 0.3 is 0 Å². The Labute approximate surface area is 203 Å². The number of furan rings is 1. The fourth-order valence-electron chi connectivity index (χ4n) is 4.98. The van der Waals surface area contributed by atoms with E-state index in [0.29, 0.717) is 11.8 Å². The van der Waals surface area contributed by atoms with E-state index in [-0.39, 0.29) is 0 Å². The van der Waals surface area contributed by atoms with E-state index < -0.39 is 0 Å². The summed E-state index contributed by atoms with van der Waals surface area (Å²) in [5.74, 6) is 0.932. The monoisotopic (exact) mass is 461 g/mol. The van der Waals surface area contributed by atoms with Crippen molar-refractivity contribution in [1.82, 2.24) is 4.98 Å². The first-order valence-electron chi connectivity index (χ1n) is 12.0. The molecule has 0 unspecified atom stereocenters. The van der Waals surface area contributed by atoms with Gasteiger partial charge in [-0.05, 0) is 58.9 Å². The molecule has 168 valence electrons. The third-order valence-corrected chi connectivity index (χ3v) is 7.74. The molecule has 0 N–H and O–H groups in total. The molecule has 0 saturated heterocycles. The predicted molar refractivity (Wildman–Crippen MR) is 146 cm³/mol. The SMILES string of the molecule is CC(C)c1cccc(C(C)C)c1-c1cc2ccc(-c3cccc4c3oc3ccccc34)nc2s1. The third-order valence-electron chi connectivity index (χ3n) is 6.68. The molecule has 0 aliphatic carbocycles. The van der Waals surface area contributed by atoms with Gasteiger partial charge in [0.2, 0.25) is 0 Å². The van der Waals surface area contributed by atoms with Gasteiger partial charge in [-0.1, -0.05) is 76.2 Å². The highest BCUT2D eigenvalue weighted by Crippen LogP contribution is 2.42. The van der Waals surface area contributed by atoms with E-state index >= 15 is 0 Å². The highest BCUT2D eigenvalue weighted by Gasteiger charge is 2.19. The molecule has 3 aromatic heterocycles. The maximum Gasteiger partial charge on any atom is 0.144 e. The van der Waals surface area contributed by atoms with Crippen LogP contribution in [0.25, 0.3) is 53.9 Å². The van der Waals surface area contributed by atoms with Gasteiger partial charge in [-0.3, -0.25) is 0 Å². The minimum Gasteiger partial charge on any atom is -0.455 e. The number of pyridine rings is 1. The molecule has 0 atom stereocenters. The van der Waals surface area contributed by atoms with Crippen molar-refractivity contribution in [2.75, 3.05) is 0 Å². The van der Waals surface area contributed by atoms with Crippen LogP contribution >= 0.6 is 11.3 Å². The van der Waals surface area contributed by atoms with Crippen molar-refractivity contribution in [3.63, 3.8) is 0 Å². The van der Waals surface area contributed by atoms with Crippen molar-refractivity contribution in [1.29, 1.82) is 0 Å². The molecule has 6 rings (SSSR count). The van der Waals surface area contributed by atoms with Crippen LogP contribution in [0.5, 0.6) is 0 Å². The molecular weight excluding hydrogens is 434 g/mol. The average Bonchev–Trinajstić information content (AvgIpc) is 3.44. The highest BCUT2D eigenvalue weighted by molar-refractivity contribution is 7.21. The number of rotatable bonds is 4. The second-order valence-corrected chi connectivity index (χ2v) is 10.6. The summed E-state index contributed by atoms with van der Waals surface area (Å²) < 4.78 is 6.27. The van der Waals surface area contributed by atoms with Crippen molar-refractivity contribution < 1.29 is 4.42 Å². The van der Waals surface area contributed by atoms with Crippen LogP contribution < -0.4 is 0 Å². The Morgan fingerprint density at radius 3 is 2.21 bits per heavy atom. The number of benzene rings is 3. The molecule has 3 heterocycles. The van der Waals surface area contributed by atoms with Crippen LogP contribution in [0.1, 0.15) is 50.7 Å². The van der Waals surface area contributed by atoms with E-state index in [1.807, 2.05) is 12.1 Å². The van der Waals surface area contributed by atoms with Gasteiger partial charge in [0.15, 0.2) is 0 Å². The van der Waals surface area contributed by atoms with Gasteiger partial charge in [0.25, 0.3) is 0 Å². The summed E-state index contributed by atoms with van der Waals surface area (Å²) in [6.45, 7) is 9.11. The zero-order valence-electron chi connectivity index (χ0n) is 19.9. The molecule has 3 aromatic carbocycles. The van der Waals surface area contributed by atoms with Gasteiger partial charge in [-0.25, -0.2) is 4.98 Å². The first kappa shape index (κ1) is 21.1. The Morgan fingerprint density at radius 1 is 0.735 bits per heavy atom. The van der Waals surface area contributed by atoms with Crippen molar-refractivity contribution in [3.05, 3.63) is 90.0 Å². The van der Waals surface area contributed by atoms with E-state index in [4.69, 9.17) is 9.40 Å². The molecule has 0 fully saturated rings. The molecule has 0 aliphatic rings. The maximum atomic E-state index is 6.27. The lowest BCUT2D eigenvalue weighted by atomic mass is 9.88. The Morgan fingerprint density at radius 2 is 1.44 bits per heavy atom. The van der Waals surface area contributed by atoms with E-state index in [1.54, 1.807) is 11.3 Å². The van der Waals surface area contributed by atoms with Crippen molar-refractivity contribution in [3.8, 4) is 21.7 Å². The zero-order chi connectivity index (χ0) is 23.4. The Balaban J connectivity index is 1.53. The minimum absolute atomic E-state index is 0.466. The fraction of sp³-hybridized carbons (Fsp3) is 0.194. The molecular formula is C31H27NOS. The standard InChI is InChI=1S/C31H27NOS/c1-18(2)21-10-7-11-22(19(3)4)29(21)28-17-20-15-16-26(32-31(20)34-28)25-13-8-12-24-23-9-5-6-14-27(23)33-30(24)25/h5-19H,1-4H3. The van der Waals surface area contributed by atoms with Crippen LogP contribution in [0.15, 0.2) is 83.3 Å². The van der Waals surface area contributed by atoms with Crippen molar-refractivity contribution >= 4 is 43.5 Å². The topological polar surface area (TPSA) is 26.0 Å². The van der Waals surface area contributed by atoms with Crippen LogP contribution in [-0.2, 0) is 0 Å². The molecule has 6 aromatic rings. The number of thiophene rings is 1. The first-order chi connectivity index (χ1) is 16.5. The number of fused-ring (bicyclic) bond motifs is 4. The van der Waals surface area contributed by atoms with Crippen LogP contribution in [0.2, 0.25) is 0 Å². The fourth-order valence-corrected chi connectivity index (χ4v) is 6.10. The number of hydrogen-bond donors (Lipinski definition) is 0. The average molecular weight is 462 g/mol. The van der Waals surface area contributed by atoms with Crippen molar-refractivity contribution in [2.45, 2.75) is 39.5 Å². The summed E-state index contributed by atoms with van der Waals surface area (Å²) in [6.07, 6.45) is 0. The Bertz CT molecular complexity index is 1640. The van der Waals surface area contributed by atoms with E-state index in [0.717, 1.165) is 38.0 Å². The molecule has 34 heavy (non-hydrogen) atoms. The summed E-state index contributed by atoms with van der Waals surface area (Å²) >= 11 is 1.79. The predicted octanol–water partition coefficient (Wildman–Crippen LogP) is 9.78. The molecule has 0 aliphatic heterocycles. The van der Waals surface area contributed by atoms with Gasteiger partial charge in [0, 0.05) is 26.6 Å². The molecule has 0 bridgehead atoms. The third kappa shape index (κ3) is 3.35. The van der Waals surface area contributed by atoms with Crippen LogP contribution in [-0.4, -0.2) is 4.98 Å². The molecule has 2 nitrogen and oxygen atoms in total. The van der Waals surface area contributed by atoms with Gasteiger partial charge in [-0.2, -0.15) is 0 Å². The summed E-state index contributed by atoms with van der Waals surface area (Å²) in [5, 5.41) is 3.47. The normalized spacial score (nSPS) is 12.1. The molecule has 0 radical (unpaired) electrons. The van der Waals surface area contributed by atoms with Crippen molar-refractivity contribution in [2.24, 2.45) is 0 Å². The largest absolute Gasteiger partial charge is 0.455 e. The Hall–Kier alpha value is -3.43. The quantitative estimate of drug-likeness (QED) is 0.261. The molecule has 0 amide bonds. The van der Waals surface area contributed by atoms with Gasteiger partial charge in [0.1, 0.15) is 16.0 Å². The summed E-state index contributed by atoms with van der Waals surface area (Å²) in [5.41, 5.74) is 8.00. The second kappa shape index (κ2) is 8.11. The van der Waals surface area contributed by atoms with E-state index in [1.165, 1.54) is 27.0 Å². The smallest absolute Gasteiger partial charge is 0.144 e. The Kier molecular flexibility index (Phi) is 5.04. The lowest BCUT2D eigenvalue weighted by Crippen LogP contribution is -1.98. The van der Waals surface area contributed by atoms with E-state index in [9.17, 15) is 0 Å². The number of nitrogens with zero attached hydrogens (tertiary/aromatic N) is 1. The van der Waals surface area contributed by atoms with Crippen LogP contribution in [0, 0.1) is 0 Å². The summed E-state index contributed by atoms with van der Waals surface area (Å²) in [7, 11) is 0. The van der Waals surface area contributed by atoms with Crippen LogP contribution in [0.4, 0.5) is 0 Å². The minimum atomic E-state index is 0.466. The molecule has 0 saturated carbocycles. The molecule has 3 heteroatoms.